The maximum atomic E-state index is 12.5. The smallest absolute Gasteiger partial charge is 0.265 e. The van der Waals surface area contributed by atoms with Crippen molar-refractivity contribution in [2.24, 2.45) is 0 Å². The Morgan fingerprint density at radius 2 is 2.32 bits per heavy atom. The van der Waals surface area contributed by atoms with Crippen molar-refractivity contribution < 1.29 is 14.3 Å². The van der Waals surface area contributed by atoms with E-state index in [2.05, 4.69) is 22.4 Å². The summed E-state index contributed by atoms with van der Waals surface area (Å²) in [7, 11) is 0. The summed E-state index contributed by atoms with van der Waals surface area (Å²) >= 11 is 1.32. The minimum atomic E-state index is -0.233. The van der Waals surface area contributed by atoms with E-state index in [-0.39, 0.29) is 11.9 Å². The molecular formula is C14H18N4O3S. The monoisotopic (exact) mass is 322 g/mol. The second kappa shape index (κ2) is 6.35. The van der Waals surface area contributed by atoms with E-state index in [0.29, 0.717) is 29.6 Å². The lowest BCUT2D eigenvalue weighted by atomic mass is 10.3. The van der Waals surface area contributed by atoms with Gasteiger partial charge in [0.25, 0.3) is 5.91 Å². The summed E-state index contributed by atoms with van der Waals surface area (Å²) in [6.45, 7) is 5.79. The van der Waals surface area contributed by atoms with E-state index in [4.69, 9.17) is 9.47 Å². The lowest BCUT2D eigenvalue weighted by Gasteiger charge is -2.17. The molecule has 118 valence electrons. The highest BCUT2D eigenvalue weighted by atomic mass is 32.1. The number of aryl methyl sites for hydroxylation is 1. The Bertz CT molecular complexity index is 667. The van der Waals surface area contributed by atoms with Crippen molar-refractivity contribution in [1.29, 1.82) is 0 Å². The SMILES string of the molecule is CCCn1cnnc1C(C)NC(=O)c1scc2c1OCCO2. The summed E-state index contributed by atoms with van der Waals surface area (Å²) in [5, 5.41) is 12.8. The third-order valence-electron chi connectivity index (χ3n) is 3.35. The van der Waals surface area contributed by atoms with E-state index in [0.717, 1.165) is 18.8 Å². The average molecular weight is 322 g/mol. The summed E-state index contributed by atoms with van der Waals surface area (Å²) in [5.41, 5.74) is 0. The molecule has 1 amide bonds. The van der Waals surface area contributed by atoms with Crippen LogP contribution in [0, 0.1) is 0 Å². The van der Waals surface area contributed by atoms with Gasteiger partial charge >= 0.3 is 0 Å². The first kappa shape index (κ1) is 14.8. The highest BCUT2D eigenvalue weighted by molar-refractivity contribution is 7.12. The van der Waals surface area contributed by atoms with Gasteiger partial charge in [0.05, 0.1) is 6.04 Å². The molecule has 1 N–H and O–H groups in total. The number of amides is 1. The number of nitrogens with one attached hydrogen (secondary N) is 1. The predicted octanol–water partition coefficient (Wildman–Crippen LogP) is 2.01. The maximum absolute atomic E-state index is 12.5. The van der Waals surface area contributed by atoms with Crippen LogP contribution < -0.4 is 14.8 Å². The van der Waals surface area contributed by atoms with Crippen LogP contribution in [0.25, 0.3) is 0 Å². The molecule has 0 spiro atoms. The number of aromatic nitrogens is 3. The molecule has 2 aromatic rings. The van der Waals surface area contributed by atoms with Gasteiger partial charge in [0.2, 0.25) is 0 Å². The minimum absolute atomic E-state index is 0.185. The van der Waals surface area contributed by atoms with Crippen molar-refractivity contribution in [2.45, 2.75) is 32.9 Å². The lowest BCUT2D eigenvalue weighted by Crippen LogP contribution is -2.29. The summed E-state index contributed by atoms with van der Waals surface area (Å²) in [4.78, 5) is 13.0. The first-order valence-corrected chi connectivity index (χ1v) is 8.14. The molecule has 1 unspecified atom stereocenters. The Labute approximate surface area is 132 Å². The van der Waals surface area contributed by atoms with E-state index in [1.165, 1.54) is 11.3 Å². The predicted molar refractivity (Wildman–Crippen MR) is 81.5 cm³/mol. The molecule has 1 atom stereocenters. The fourth-order valence-electron chi connectivity index (χ4n) is 2.36. The van der Waals surface area contributed by atoms with Gasteiger partial charge in [-0.2, -0.15) is 0 Å². The van der Waals surface area contributed by atoms with Crippen LogP contribution >= 0.6 is 11.3 Å². The zero-order chi connectivity index (χ0) is 15.5. The number of ether oxygens (including phenoxy) is 2. The number of carbonyl (C=O) groups is 1. The van der Waals surface area contributed by atoms with Crippen LogP contribution in [0.2, 0.25) is 0 Å². The average Bonchev–Trinajstić information content (AvgIpc) is 3.13. The van der Waals surface area contributed by atoms with Crippen molar-refractivity contribution in [2.75, 3.05) is 13.2 Å². The molecule has 0 aliphatic carbocycles. The van der Waals surface area contributed by atoms with Gasteiger partial charge in [-0.15, -0.1) is 21.5 Å². The molecule has 1 aliphatic rings. The van der Waals surface area contributed by atoms with E-state index in [1.54, 1.807) is 11.7 Å². The summed E-state index contributed by atoms with van der Waals surface area (Å²) in [5.74, 6) is 1.74. The van der Waals surface area contributed by atoms with Crippen LogP contribution in [0.3, 0.4) is 0 Å². The Morgan fingerprint density at radius 3 is 3.14 bits per heavy atom. The number of carbonyl (C=O) groups excluding carboxylic acids is 1. The number of rotatable bonds is 5. The van der Waals surface area contributed by atoms with Gasteiger partial charge < -0.3 is 19.4 Å². The van der Waals surface area contributed by atoms with Gasteiger partial charge in [-0.1, -0.05) is 6.92 Å². The Hall–Kier alpha value is -2.09. The third kappa shape index (κ3) is 2.78. The highest BCUT2D eigenvalue weighted by Gasteiger charge is 2.25. The molecule has 7 nitrogen and oxygen atoms in total. The second-order valence-electron chi connectivity index (χ2n) is 5.03. The van der Waals surface area contributed by atoms with Gasteiger partial charge in [-0.3, -0.25) is 4.79 Å². The molecule has 2 aromatic heterocycles. The first-order valence-electron chi connectivity index (χ1n) is 7.26. The Kier molecular flexibility index (Phi) is 4.28. The summed E-state index contributed by atoms with van der Waals surface area (Å²) < 4.78 is 13.0. The number of nitrogens with zero attached hydrogens (tertiary/aromatic N) is 3. The molecule has 0 aromatic carbocycles. The fourth-order valence-corrected chi connectivity index (χ4v) is 3.19. The van der Waals surface area contributed by atoms with Crippen molar-refractivity contribution in [3.8, 4) is 11.5 Å². The number of hydrogen-bond donors (Lipinski definition) is 1. The number of fused-ring (bicyclic) bond motifs is 1. The summed E-state index contributed by atoms with van der Waals surface area (Å²) in [6.07, 6.45) is 2.67. The van der Waals surface area contributed by atoms with Crippen molar-refractivity contribution >= 4 is 17.2 Å². The molecule has 3 rings (SSSR count). The van der Waals surface area contributed by atoms with Gasteiger partial charge in [-0.25, -0.2) is 0 Å². The van der Waals surface area contributed by atoms with Crippen LogP contribution in [-0.2, 0) is 6.54 Å². The zero-order valence-corrected chi connectivity index (χ0v) is 13.4. The topological polar surface area (TPSA) is 78.3 Å². The van der Waals surface area contributed by atoms with Crippen LogP contribution in [0.15, 0.2) is 11.7 Å². The molecule has 0 saturated heterocycles. The van der Waals surface area contributed by atoms with E-state index in [1.807, 2.05) is 11.5 Å². The quantitative estimate of drug-likeness (QED) is 0.911. The number of hydrogen-bond acceptors (Lipinski definition) is 6. The van der Waals surface area contributed by atoms with Gasteiger partial charge in [0.15, 0.2) is 17.3 Å². The first-order chi connectivity index (χ1) is 10.7. The lowest BCUT2D eigenvalue weighted by molar-refractivity contribution is 0.0932. The molecule has 8 heteroatoms. The summed E-state index contributed by atoms with van der Waals surface area (Å²) in [6, 6.07) is -0.233. The molecule has 3 heterocycles. The van der Waals surface area contributed by atoms with Crippen molar-refractivity contribution in [1.82, 2.24) is 20.1 Å². The Balaban J connectivity index is 1.73. The van der Waals surface area contributed by atoms with Crippen LogP contribution in [0.1, 0.15) is 41.8 Å². The minimum Gasteiger partial charge on any atom is -0.485 e. The second-order valence-corrected chi connectivity index (χ2v) is 5.91. The zero-order valence-electron chi connectivity index (χ0n) is 12.5. The number of thiophene rings is 1. The molecule has 0 radical (unpaired) electrons. The normalized spacial score (nSPS) is 14.6. The van der Waals surface area contributed by atoms with Gasteiger partial charge in [0.1, 0.15) is 24.4 Å². The van der Waals surface area contributed by atoms with E-state index in [9.17, 15) is 4.79 Å². The molecule has 0 bridgehead atoms. The van der Waals surface area contributed by atoms with Crippen molar-refractivity contribution in [3.05, 3.63) is 22.4 Å². The van der Waals surface area contributed by atoms with Crippen molar-refractivity contribution in [3.63, 3.8) is 0 Å². The molecule has 0 fully saturated rings. The largest absolute Gasteiger partial charge is 0.485 e. The fraction of sp³-hybridized carbons (Fsp3) is 0.500. The maximum Gasteiger partial charge on any atom is 0.265 e. The Morgan fingerprint density at radius 1 is 1.50 bits per heavy atom. The van der Waals surface area contributed by atoms with Crippen LogP contribution in [0.4, 0.5) is 0 Å². The van der Waals surface area contributed by atoms with E-state index >= 15 is 0 Å². The van der Waals surface area contributed by atoms with Crippen LogP contribution in [-0.4, -0.2) is 33.9 Å². The highest BCUT2D eigenvalue weighted by Crippen LogP contribution is 2.39. The molecule has 22 heavy (non-hydrogen) atoms. The van der Waals surface area contributed by atoms with Gasteiger partial charge in [-0.05, 0) is 13.3 Å². The molecule has 0 saturated carbocycles. The molecular weight excluding hydrogens is 304 g/mol. The molecule has 1 aliphatic heterocycles. The standard InChI is InChI=1S/C14H18N4O3S/c1-3-4-18-8-15-17-13(18)9(2)16-14(19)12-11-10(7-22-12)20-5-6-21-11/h7-9H,3-6H2,1-2H3,(H,16,19). The van der Waals surface area contributed by atoms with Gasteiger partial charge in [0, 0.05) is 11.9 Å². The van der Waals surface area contributed by atoms with Crippen LogP contribution in [0.5, 0.6) is 11.5 Å². The third-order valence-corrected chi connectivity index (χ3v) is 4.29. The van der Waals surface area contributed by atoms with E-state index < -0.39 is 0 Å².